The Labute approximate surface area is 124 Å². The maximum atomic E-state index is 12.1. The van der Waals surface area contributed by atoms with Crippen molar-refractivity contribution in [2.75, 3.05) is 11.9 Å². The van der Waals surface area contributed by atoms with E-state index in [0.29, 0.717) is 24.3 Å². The third-order valence-corrected chi connectivity index (χ3v) is 4.29. The van der Waals surface area contributed by atoms with E-state index in [1.807, 2.05) is 7.05 Å². The second-order valence-corrected chi connectivity index (χ2v) is 5.68. The van der Waals surface area contributed by atoms with Gasteiger partial charge in [0.15, 0.2) is 0 Å². The summed E-state index contributed by atoms with van der Waals surface area (Å²) in [6, 6.07) is 0.664. The fourth-order valence-corrected chi connectivity index (χ4v) is 2.92. The topological polar surface area (TPSA) is 64.2 Å². The molecule has 2 rings (SSSR count). The van der Waals surface area contributed by atoms with E-state index in [-0.39, 0.29) is 10.6 Å². The summed E-state index contributed by atoms with van der Waals surface area (Å²) in [4.78, 5) is 14.1. The van der Waals surface area contributed by atoms with Gasteiger partial charge in [-0.15, -0.1) is 6.58 Å². The van der Waals surface area contributed by atoms with Crippen LogP contribution in [0.1, 0.15) is 25.7 Å². The fraction of sp³-hybridized carbons (Fsp3) is 0.571. The zero-order chi connectivity index (χ0) is 14.7. The molecular weight excluding hydrogens is 276 g/mol. The van der Waals surface area contributed by atoms with Crippen LogP contribution in [0.15, 0.2) is 23.6 Å². The molecule has 0 aromatic carbocycles. The van der Waals surface area contributed by atoms with Crippen molar-refractivity contribution in [2.24, 2.45) is 5.73 Å². The number of hydrogen-bond donors (Lipinski definition) is 1. The number of allylic oxidation sites excluding steroid dienone is 1. The Morgan fingerprint density at radius 2 is 2.20 bits per heavy atom. The van der Waals surface area contributed by atoms with Crippen LogP contribution < -0.4 is 16.2 Å². The molecule has 1 aromatic rings. The summed E-state index contributed by atoms with van der Waals surface area (Å²) in [5.74, 6) is 0. The molecule has 110 valence electrons. The van der Waals surface area contributed by atoms with E-state index in [1.165, 1.54) is 4.68 Å². The summed E-state index contributed by atoms with van der Waals surface area (Å²) < 4.78 is 1.31. The van der Waals surface area contributed by atoms with Gasteiger partial charge in [0.25, 0.3) is 5.56 Å². The van der Waals surface area contributed by atoms with Crippen LogP contribution in [0.5, 0.6) is 0 Å². The summed E-state index contributed by atoms with van der Waals surface area (Å²) in [7, 11) is 1.96. The monoisotopic (exact) mass is 296 g/mol. The number of hydrogen-bond acceptors (Lipinski definition) is 4. The first-order chi connectivity index (χ1) is 9.54. The average Bonchev–Trinajstić information content (AvgIpc) is 2.44. The van der Waals surface area contributed by atoms with Crippen LogP contribution in [0, 0.1) is 0 Å². The minimum Gasteiger partial charge on any atom is -0.369 e. The largest absolute Gasteiger partial charge is 0.369 e. The predicted molar refractivity (Wildman–Crippen MR) is 82.3 cm³/mol. The summed E-state index contributed by atoms with van der Waals surface area (Å²) >= 11 is 6.20. The molecule has 0 aliphatic heterocycles. The van der Waals surface area contributed by atoms with Crippen molar-refractivity contribution >= 4 is 17.3 Å². The molecule has 0 atom stereocenters. The van der Waals surface area contributed by atoms with Gasteiger partial charge in [0.1, 0.15) is 5.02 Å². The van der Waals surface area contributed by atoms with Crippen LogP contribution in [0.3, 0.4) is 0 Å². The van der Waals surface area contributed by atoms with Gasteiger partial charge >= 0.3 is 0 Å². The highest BCUT2D eigenvalue weighted by atomic mass is 35.5. The van der Waals surface area contributed by atoms with Gasteiger partial charge in [0.2, 0.25) is 0 Å². The SMILES string of the molecule is C=CCn1ncc(N(C)C2CCC(N)CC2)c(Cl)c1=O. The Morgan fingerprint density at radius 3 is 2.80 bits per heavy atom. The van der Waals surface area contributed by atoms with E-state index in [9.17, 15) is 4.79 Å². The van der Waals surface area contributed by atoms with Crippen LogP contribution in [-0.2, 0) is 6.54 Å². The van der Waals surface area contributed by atoms with Gasteiger partial charge in [-0.3, -0.25) is 4.79 Å². The summed E-state index contributed by atoms with van der Waals surface area (Å²) in [5.41, 5.74) is 6.34. The standard InChI is InChI=1S/C14H21ClN4O/c1-3-8-19-14(20)13(15)12(9-17-19)18(2)11-6-4-10(16)5-7-11/h3,9-11H,1,4-8,16H2,2H3. The van der Waals surface area contributed by atoms with E-state index in [2.05, 4.69) is 16.6 Å². The molecule has 0 radical (unpaired) electrons. The first kappa shape index (κ1) is 15.1. The number of nitrogens with two attached hydrogens (primary N) is 1. The molecule has 6 heteroatoms. The van der Waals surface area contributed by atoms with E-state index in [1.54, 1.807) is 12.3 Å². The number of halogens is 1. The number of aromatic nitrogens is 2. The molecule has 5 nitrogen and oxygen atoms in total. The lowest BCUT2D eigenvalue weighted by molar-refractivity contribution is 0.384. The Hall–Kier alpha value is -1.33. The number of rotatable bonds is 4. The van der Waals surface area contributed by atoms with Gasteiger partial charge < -0.3 is 10.6 Å². The van der Waals surface area contributed by atoms with E-state index < -0.39 is 0 Å². The van der Waals surface area contributed by atoms with Gasteiger partial charge in [0.05, 0.1) is 18.4 Å². The lowest BCUT2D eigenvalue weighted by atomic mass is 9.91. The first-order valence-corrected chi connectivity index (χ1v) is 7.27. The van der Waals surface area contributed by atoms with E-state index in [4.69, 9.17) is 17.3 Å². The van der Waals surface area contributed by atoms with E-state index in [0.717, 1.165) is 25.7 Å². The van der Waals surface area contributed by atoms with Crippen LogP contribution >= 0.6 is 11.6 Å². The molecule has 1 heterocycles. The minimum atomic E-state index is -0.275. The molecule has 20 heavy (non-hydrogen) atoms. The molecule has 1 fully saturated rings. The van der Waals surface area contributed by atoms with Crippen molar-refractivity contribution in [1.29, 1.82) is 0 Å². The highest BCUT2D eigenvalue weighted by Gasteiger charge is 2.24. The molecule has 0 bridgehead atoms. The Balaban J connectivity index is 2.22. The average molecular weight is 297 g/mol. The Bertz CT molecular complexity index is 534. The summed E-state index contributed by atoms with van der Waals surface area (Å²) in [5, 5.41) is 4.36. The highest BCUT2D eigenvalue weighted by Crippen LogP contribution is 2.28. The molecule has 1 aliphatic rings. The van der Waals surface area contributed by atoms with Gasteiger partial charge in [0, 0.05) is 19.1 Å². The Morgan fingerprint density at radius 1 is 1.55 bits per heavy atom. The third-order valence-electron chi connectivity index (χ3n) is 3.94. The summed E-state index contributed by atoms with van der Waals surface area (Å²) in [6.07, 6.45) is 7.33. The quantitative estimate of drug-likeness (QED) is 0.861. The highest BCUT2D eigenvalue weighted by molar-refractivity contribution is 6.33. The molecule has 0 spiro atoms. The molecule has 0 unspecified atom stereocenters. The lowest BCUT2D eigenvalue weighted by Crippen LogP contribution is -2.39. The number of nitrogens with zero attached hydrogens (tertiary/aromatic N) is 3. The lowest BCUT2D eigenvalue weighted by Gasteiger charge is -2.35. The van der Waals surface area contributed by atoms with Crippen molar-refractivity contribution in [1.82, 2.24) is 9.78 Å². The second-order valence-electron chi connectivity index (χ2n) is 5.30. The molecule has 1 aliphatic carbocycles. The minimum absolute atomic E-state index is 0.222. The first-order valence-electron chi connectivity index (χ1n) is 6.89. The van der Waals surface area contributed by atoms with Gasteiger partial charge in [-0.2, -0.15) is 5.10 Å². The van der Waals surface area contributed by atoms with Crippen molar-refractivity contribution in [3.63, 3.8) is 0 Å². The molecule has 0 amide bonds. The third kappa shape index (κ3) is 3.04. The van der Waals surface area contributed by atoms with Crippen LogP contribution in [-0.4, -0.2) is 28.9 Å². The maximum Gasteiger partial charge on any atom is 0.287 e. The molecule has 1 aromatic heterocycles. The Kier molecular flexibility index (Phi) is 4.83. The van der Waals surface area contributed by atoms with Crippen molar-refractivity contribution in [3.8, 4) is 0 Å². The van der Waals surface area contributed by atoms with Gasteiger partial charge in [-0.25, -0.2) is 4.68 Å². The maximum absolute atomic E-state index is 12.1. The van der Waals surface area contributed by atoms with Crippen molar-refractivity contribution in [2.45, 2.75) is 44.3 Å². The van der Waals surface area contributed by atoms with Crippen molar-refractivity contribution < 1.29 is 0 Å². The second kappa shape index (κ2) is 6.41. The normalized spacial score (nSPS) is 22.6. The predicted octanol–water partition coefficient (Wildman–Crippen LogP) is 1.79. The fourth-order valence-electron chi connectivity index (χ4n) is 2.64. The molecule has 0 saturated heterocycles. The summed E-state index contributed by atoms with van der Waals surface area (Å²) in [6.45, 7) is 3.96. The van der Waals surface area contributed by atoms with E-state index >= 15 is 0 Å². The molecular formula is C14H21ClN4O. The van der Waals surface area contributed by atoms with Gasteiger partial charge in [-0.05, 0) is 25.7 Å². The zero-order valence-electron chi connectivity index (χ0n) is 11.8. The van der Waals surface area contributed by atoms with Crippen LogP contribution in [0.2, 0.25) is 5.02 Å². The van der Waals surface area contributed by atoms with Gasteiger partial charge in [-0.1, -0.05) is 17.7 Å². The van der Waals surface area contributed by atoms with Crippen LogP contribution in [0.25, 0.3) is 0 Å². The zero-order valence-corrected chi connectivity index (χ0v) is 12.5. The molecule has 2 N–H and O–H groups in total. The van der Waals surface area contributed by atoms with Crippen molar-refractivity contribution in [3.05, 3.63) is 34.2 Å². The van der Waals surface area contributed by atoms with Crippen LogP contribution in [0.4, 0.5) is 5.69 Å². The molecule has 1 saturated carbocycles. The number of anilines is 1. The smallest absolute Gasteiger partial charge is 0.287 e.